The van der Waals surface area contributed by atoms with Gasteiger partial charge in [0, 0.05) is 10.9 Å². The smallest absolute Gasteiger partial charge is 0.119 e. The van der Waals surface area contributed by atoms with Crippen LogP contribution in [0.5, 0.6) is 0 Å². The van der Waals surface area contributed by atoms with Crippen LogP contribution in [0, 0.1) is 0 Å². The highest BCUT2D eigenvalue weighted by molar-refractivity contribution is 7.11. The molecule has 1 aliphatic carbocycles. The number of hydrogen-bond acceptors (Lipinski definition) is 2. The SMILES string of the molecule is C1=C(c2nc(-c3ccccc3)cs2)CCC1. The highest BCUT2D eigenvalue weighted by Gasteiger charge is 2.11. The lowest BCUT2D eigenvalue weighted by Crippen LogP contribution is -1.80. The van der Waals surface area contributed by atoms with E-state index in [1.807, 2.05) is 6.07 Å². The van der Waals surface area contributed by atoms with Crippen molar-refractivity contribution in [3.8, 4) is 11.3 Å². The molecule has 1 nitrogen and oxygen atoms in total. The van der Waals surface area contributed by atoms with Gasteiger partial charge in [-0.25, -0.2) is 4.98 Å². The van der Waals surface area contributed by atoms with E-state index in [0.29, 0.717) is 0 Å². The van der Waals surface area contributed by atoms with Crippen LogP contribution in [-0.4, -0.2) is 4.98 Å². The molecule has 0 spiro atoms. The van der Waals surface area contributed by atoms with Crippen LogP contribution in [-0.2, 0) is 0 Å². The van der Waals surface area contributed by atoms with Crippen LogP contribution in [0.2, 0.25) is 0 Å². The van der Waals surface area contributed by atoms with Crippen LogP contribution in [0.25, 0.3) is 16.8 Å². The lowest BCUT2D eigenvalue weighted by Gasteiger charge is -1.96. The zero-order valence-corrected chi connectivity index (χ0v) is 9.83. The molecule has 2 aromatic rings. The zero-order valence-electron chi connectivity index (χ0n) is 9.02. The number of hydrogen-bond donors (Lipinski definition) is 0. The van der Waals surface area contributed by atoms with Crippen molar-refractivity contribution in [2.24, 2.45) is 0 Å². The molecular weight excluding hydrogens is 214 g/mol. The quantitative estimate of drug-likeness (QED) is 0.742. The molecule has 0 aliphatic heterocycles. The van der Waals surface area contributed by atoms with E-state index in [9.17, 15) is 0 Å². The lowest BCUT2D eigenvalue weighted by atomic mass is 10.2. The van der Waals surface area contributed by atoms with Crippen molar-refractivity contribution in [3.05, 3.63) is 46.8 Å². The van der Waals surface area contributed by atoms with Gasteiger partial charge in [0.25, 0.3) is 0 Å². The van der Waals surface area contributed by atoms with Crippen LogP contribution in [0.4, 0.5) is 0 Å². The normalized spacial score (nSPS) is 15.1. The number of benzene rings is 1. The molecule has 0 N–H and O–H groups in total. The Hall–Kier alpha value is -1.41. The van der Waals surface area contributed by atoms with Gasteiger partial charge in [0.2, 0.25) is 0 Å². The molecule has 0 saturated carbocycles. The maximum Gasteiger partial charge on any atom is 0.119 e. The summed E-state index contributed by atoms with van der Waals surface area (Å²) in [4.78, 5) is 4.71. The second-order valence-corrected chi connectivity index (χ2v) is 4.88. The fourth-order valence-electron chi connectivity index (χ4n) is 2.03. The van der Waals surface area contributed by atoms with Gasteiger partial charge in [0.05, 0.1) is 5.69 Å². The van der Waals surface area contributed by atoms with E-state index in [1.165, 1.54) is 35.4 Å². The molecule has 1 aromatic heterocycles. The molecule has 0 atom stereocenters. The Kier molecular flexibility index (Phi) is 2.58. The number of allylic oxidation sites excluding steroid dienone is 2. The zero-order chi connectivity index (χ0) is 10.8. The van der Waals surface area contributed by atoms with E-state index in [1.54, 1.807) is 11.3 Å². The monoisotopic (exact) mass is 227 g/mol. The minimum absolute atomic E-state index is 1.11. The first-order valence-electron chi connectivity index (χ1n) is 5.64. The summed E-state index contributed by atoms with van der Waals surface area (Å²) in [6.07, 6.45) is 6.03. The van der Waals surface area contributed by atoms with Gasteiger partial charge in [0.1, 0.15) is 5.01 Å². The Balaban J connectivity index is 1.94. The molecule has 0 radical (unpaired) electrons. The highest BCUT2D eigenvalue weighted by atomic mass is 32.1. The maximum atomic E-state index is 4.71. The first kappa shape index (κ1) is 9.79. The Bertz CT molecular complexity index is 511. The first-order valence-corrected chi connectivity index (χ1v) is 6.52. The molecule has 0 fully saturated rings. The summed E-state index contributed by atoms with van der Waals surface area (Å²) in [6.45, 7) is 0. The topological polar surface area (TPSA) is 12.9 Å². The van der Waals surface area contributed by atoms with E-state index in [4.69, 9.17) is 4.98 Å². The summed E-state index contributed by atoms with van der Waals surface area (Å²) in [5.41, 5.74) is 3.75. The van der Waals surface area contributed by atoms with Crippen LogP contribution in [0.15, 0.2) is 41.8 Å². The van der Waals surface area contributed by atoms with Gasteiger partial charge in [0.15, 0.2) is 0 Å². The molecule has 0 saturated heterocycles. The Morgan fingerprint density at radius 1 is 1.12 bits per heavy atom. The molecule has 80 valence electrons. The molecule has 1 aliphatic rings. The second-order valence-electron chi connectivity index (χ2n) is 4.03. The number of rotatable bonds is 2. The Labute approximate surface area is 99.5 Å². The molecule has 3 rings (SSSR count). The van der Waals surface area contributed by atoms with E-state index >= 15 is 0 Å². The Morgan fingerprint density at radius 2 is 2.00 bits per heavy atom. The molecule has 0 bridgehead atoms. The molecular formula is C14H13NS. The van der Waals surface area contributed by atoms with Gasteiger partial charge in [-0.2, -0.15) is 0 Å². The molecule has 1 aromatic carbocycles. The van der Waals surface area contributed by atoms with E-state index in [2.05, 4.69) is 35.7 Å². The summed E-state index contributed by atoms with van der Waals surface area (Å²) >= 11 is 1.76. The van der Waals surface area contributed by atoms with Crippen molar-refractivity contribution in [1.29, 1.82) is 0 Å². The van der Waals surface area contributed by atoms with E-state index in [-0.39, 0.29) is 0 Å². The summed E-state index contributed by atoms with van der Waals surface area (Å²) in [7, 11) is 0. The molecule has 0 unspecified atom stereocenters. The predicted molar refractivity (Wildman–Crippen MR) is 69.4 cm³/mol. The van der Waals surface area contributed by atoms with Gasteiger partial charge in [-0.15, -0.1) is 11.3 Å². The van der Waals surface area contributed by atoms with Gasteiger partial charge in [-0.1, -0.05) is 36.4 Å². The van der Waals surface area contributed by atoms with Crippen molar-refractivity contribution in [2.75, 3.05) is 0 Å². The fraction of sp³-hybridized carbons (Fsp3) is 0.214. The van der Waals surface area contributed by atoms with E-state index < -0.39 is 0 Å². The second kappa shape index (κ2) is 4.22. The minimum atomic E-state index is 1.11. The van der Waals surface area contributed by atoms with Crippen molar-refractivity contribution >= 4 is 16.9 Å². The maximum absolute atomic E-state index is 4.71. The van der Waals surface area contributed by atoms with Crippen LogP contribution in [0.1, 0.15) is 24.3 Å². The van der Waals surface area contributed by atoms with Crippen molar-refractivity contribution in [1.82, 2.24) is 4.98 Å². The summed E-state index contributed by atoms with van der Waals surface area (Å²) < 4.78 is 0. The van der Waals surface area contributed by atoms with Gasteiger partial charge in [-0.3, -0.25) is 0 Å². The van der Waals surface area contributed by atoms with Crippen LogP contribution >= 0.6 is 11.3 Å². The largest absolute Gasteiger partial charge is 0.236 e. The van der Waals surface area contributed by atoms with Gasteiger partial charge in [-0.05, 0) is 24.8 Å². The predicted octanol–water partition coefficient (Wildman–Crippen LogP) is 4.38. The molecule has 0 amide bonds. The van der Waals surface area contributed by atoms with E-state index in [0.717, 1.165) is 5.69 Å². The molecule has 1 heterocycles. The van der Waals surface area contributed by atoms with Gasteiger partial charge >= 0.3 is 0 Å². The molecule has 2 heteroatoms. The van der Waals surface area contributed by atoms with Crippen molar-refractivity contribution in [3.63, 3.8) is 0 Å². The average molecular weight is 227 g/mol. The van der Waals surface area contributed by atoms with Gasteiger partial charge < -0.3 is 0 Å². The standard InChI is InChI=1S/C14H13NS/c1-2-6-11(7-3-1)13-10-16-14(15-13)12-8-4-5-9-12/h1-3,6-8,10H,4-5,9H2. The summed E-state index contributed by atoms with van der Waals surface area (Å²) in [5.74, 6) is 0. The summed E-state index contributed by atoms with van der Waals surface area (Å²) in [6, 6.07) is 10.4. The van der Waals surface area contributed by atoms with Crippen LogP contribution < -0.4 is 0 Å². The third-order valence-electron chi connectivity index (χ3n) is 2.89. The third kappa shape index (κ3) is 1.81. The van der Waals surface area contributed by atoms with Crippen LogP contribution in [0.3, 0.4) is 0 Å². The average Bonchev–Trinajstić information content (AvgIpc) is 3.01. The number of nitrogens with zero attached hydrogens (tertiary/aromatic N) is 1. The Morgan fingerprint density at radius 3 is 2.75 bits per heavy atom. The molecule has 16 heavy (non-hydrogen) atoms. The fourth-order valence-corrected chi connectivity index (χ4v) is 2.93. The van der Waals surface area contributed by atoms with Crippen molar-refractivity contribution in [2.45, 2.75) is 19.3 Å². The minimum Gasteiger partial charge on any atom is -0.236 e. The summed E-state index contributed by atoms with van der Waals surface area (Å²) in [5, 5.41) is 3.36. The van der Waals surface area contributed by atoms with Crippen molar-refractivity contribution < 1.29 is 0 Å². The number of thiazole rings is 1. The third-order valence-corrected chi connectivity index (χ3v) is 3.81. The first-order chi connectivity index (χ1) is 7.93. The lowest BCUT2D eigenvalue weighted by molar-refractivity contribution is 0.934. The highest BCUT2D eigenvalue weighted by Crippen LogP contribution is 2.32. The number of aromatic nitrogens is 1.